The lowest BCUT2D eigenvalue weighted by atomic mass is 10.2. The van der Waals surface area contributed by atoms with Gasteiger partial charge in [-0.25, -0.2) is 0 Å². The predicted octanol–water partition coefficient (Wildman–Crippen LogP) is 1.43. The molecule has 0 saturated carbocycles. The number of rotatable bonds is 1. The summed E-state index contributed by atoms with van der Waals surface area (Å²) in [7, 11) is 0. The summed E-state index contributed by atoms with van der Waals surface area (Å²) in [4.78, 5) is 0. The van der Waals surface area contributed by atoms with Gasteiger partial charge in [-0.1, -0.05) is 28.7 Å². The van der Waals surface area contributed by atoms with Crippen molar-refractivity contribution in [3.63, 3.8) is 0 Å². The molecular formula is C5H8N2O2S2. The predicted molar refractivity (Wildman–Crippen MR) is 48.0 cm³/mol. The van der Waals surface area contributed by atoms with E-state index in [0.717, 1.165) is 5.75 Å². The molecule has 0 aromatic heterocycles. The minimum atomic E-state index is -0.235. The van der Waals surface area contributed by atoms with Crippen LogP contribution in [0.1, 0.15) is 6.92 Å². The fourth-order valence-electron chi connectivity index (χ4n) is 0.698. The Hall–Kier alpha value is -0.360. The highest BCUT2D eigenvalue weighted by Crippen LogP contribution is 2.40. The molecule has 4 nitrogen and oxygen atoms in total. The van der Waals surface area contributed by atoms with E-state index in [1.165, 1.54) is 29.7 Å². The molecule has 6 heteroatoms. The second-order valence-corrected chi connectivity index (χ2v) is 5.06. The van der Waals surface area contributed by atoms with Crippen molar-refractivity contribution in [3.8, 4) is 0 Å². The standard InChI is InChI=1S/C5H8N2O2S2/c1-5(2-6-8)3-10-4(7-9)11-5/h2,8-9H,3H2,1H3/b6-2-,7-4+/t5-/m0/s1. The van der Waals surface area contributed by atoms with Crippen LogP contribution in [-0.2, 0) is 0 Å². The Balaban J connectivity index is 2.65. The SMILES string of the molecule is C[C@]1(/C=N\O)CS/C(=N\O)S1. The van der Waals surface area contributed by atoms with E-state index >= 15 is 0 Å². The van der Waals surface area contributed by atoms with Gasteiger partial charge < -0.3 is 10.4 Å². The van der Waals surface area contributed by atoms with Crippen LogP contribution in [-0.4, -0.2) is 31.5 Å². The normalized spacial score (nSPS) is 35.5. The van der Waals surface area contributed by atoms with Gasteiger partial charge >= 0.3 is 0 Å². The molecule has 0 aliphatic carbocycles. The summed E-state index contributed by atoms with van der Waals surface area (Å²) in [5.41, 5.74) is 0. The molecule has 0 amide bonds. The van der Waals surface area contributed by atoms with E-state index in [1.807, 2.05) is 6.92 Å². The zero-order valence-corrected chi connectivity index (χ0v) is 7.52. The number of nitrogens with zero attached hydrogens (tertiary/aromatic N) is 2. The van der Waals surface area contributed by atoms with E-state index in [2.05, 4.69) is 10.3 Å². The van der Waals surface area contributed by atoms with Crippen LogP contribution in [0.2, 0.25) is 0 Å². The molecule has 62 valence electrons. The first-order valence-electron chi connectivity index (χ1n) is 2.93. The minimum Gasteiger partial charge on any atom is -0.411 e. The van der Waals surface area contributed by atoms with Crippen molar-refractivity contribution in [2.24, 2.45) is 10.3 Å². The minimum absolute atomic E-state index is 0.235. The molecule has 0 aromatic carbocycles. The number of hydrogen-bond donors (Lipinski definition) is 2. The van der Waals surface area contributed by atoms with E-state index in [4.69, 9.17) is 10.4 Å². The molecule has 0 aromatic rings. The highest BCUT2D eigenvalue weighted by molar-refractivity contribution is 8.42. The molecule has 1 saturated heterocycles. The topological polar surface area (TPSA) is 65.2 Å². The number of thioether (sulfide) groups is 2. The van der Waals surface area contributed by atoms with Gasteiger partial charge in [0.2, 0.25) is 0 Å². The Morgan fingerprint density at radius 2 is 2.36 bits per heavy atom. The summed E-state index contributed by atoms with van der Waals surface area (Å²) in [6.07, 6.45) is 1.45. The van der Waals surface area contributed by atoms with Gasteiger partial charge in [0.25, 0.3) is 0 Å². The molecule has 0 unspecified atom stereocenters. The summed E-state index contributed by atoms with van der Waals surface area (Å²) in [5.74, 6) is 0.765. The molecule has 1 aliphatic heterocycles. The van der Waals surface area contributed by atoms with Gasteiger partial charge in [-0.05, 0) is 6.92 Å². The third-order valence-electron chi connectivity index (χ3n) is 1.22. The van der Waals surface area contributed by atoms with Crippen molar-refractivity contribution in [3.05, 3.63) is 0 Å². The Bertz CT molecular complexity index is 207. The molecule has 2 N–H and O–H groups in total. The van der Waals surface area contributed by atoms with Gasteiger partial charge in [0.15, 0.2) is 4.38 Å². The first-order chi connectivity index (χ1) is 5.20. The van der Waals surface area contributed by atoms with Crippen LogP contribution in [0.25, 0.3) is 0 Å². The lowest BCUT2D eigenvalue weighted by Crippen LogP contribution is -2.21. The Kier molecular flexibility index (Phi) is 2.67. The molecule has 11 heavy (non-hydrogen) atoms. The monoisotopic (exact) mass is 192 g/mol. The fraction of sp³-hybridized carbons (Fsp3) is 0.600. The molecule has 1 rings (SSSR count). The maximum absolute atomic E-state index is 8.41. The molecule has 0 bridgehead atoms. The van der Waals surface area contributed by atoms with Crippen molar-refractivity contribution < 1.29 is 10.4 Å². The van der Waals surface area contributed by atoms with Crippen molar-refractivity contribution in [1.82, 2.24) is 0 Å². The maximum Gasteiger partial charge on any atom is 0.170 e. The molecule has 1 aliphatic rings. The summed E-state index contributed by atoms with van der Waals surface area (Å²) < 4.78 is 0.383. The van der Waals surface area contributed by atoms with Crippen LogP contribution >= 0.6 is 23.5 Å². The van der Waals surface area contributed by atoms with Gasteiger partial charge in [-0.15, -0.1) is 5.16 Å². The largest absolute Gasteiger partial charge is 0.411 e. The molecule has 0 radical (unpaired) electrons. The fourth-order valence-corrected chi connectivity index (χ4v) is 3.18. The quantitative estimate of drug-likeness (QED) is 0.375. The molecule has 1 atom stereocenters. The van der Waals surface area contributed by atoms with Gasteiger partial charge in [0.05, 0.1) is 11.0 Å². The van der Waals surface area contributed by atoms with Crippen LogP contribution in [0.4, 0.5) is 0 Å². The van der Waals surface area contributed by atoms with Crippen LogP contribution in [0.3, 0.4) is 0 Å². The van der Waals surface area contributed by atoms with Crippen molar-refractivity contribution in [2.75, 3.05) is 5.75 Å². The second-order valence-electron chi connectivity index (χ2n) is 2.31. The first kappa shape index (κ1) is 8.73. The zero-order chi connectivity index (χ0) is 8.32. The molecule has 0 spiro atoms. The van der Waals surface area contributed by atoms with E-state index in [-0.39, 0.29) is 4.75 Å². The zero-order valence-electron chi connectivity index (χ0n) is 5.89. The van der Waals surface area contributed by atoms with Gasteiger partial charge in [-0.2, -0.15) is 0 Å². The summed E-state index contributed by atoms with van der Waals surface area (Å²) in [6, 6.07) is 0. The maximum atomic E-state index is 8.41. The Labute approximate surface area is 72.7 Å². The lowest BCUT2D eigenvalue weighted by molar-refractivity contribution is 0.319. The van der Waals surface area contributed by atoms with E-state index in [1.54, 1.807) is 0 Å². The van der Waals surface area contributed by atoms with Crippen LogP contribution in [0.5, 0.6) is 0 Å². The smallest absolute Gasteiger partial charge is 0.170 e. The van der Waals surface area contributed by atoms with Crippen molar-refractivity contribution in [2.45, 2.75) is 11.7 Å². The van der Waals surface area contributed by atoms with E-state index in [9.17, 15) is 0 Å². The Morgan fingerprint density at radius 1 is 1.64 bits per heavy atom. The third-order valence-corrected chi connectivity index (χ3v) is 4.05. The van der Waals surface area contributed by atoms with E-state index < -0.39 is 0 Å². The first-order valence-corrected chi connectivity index (χ1v) is 4.73. The number of hydrogen-bond acceptors (Lipinski definition) is 6. The van der Waals surface area contributed by atoms with Crippen molar-refractivity contribution >= 4 is 34.1 Å². The lowest BCUT2D eigenvalue weighted by Gasteiger charge is -2.11. The highest BCUT2D eigenvalue weighted by Gasteiger charge is 2.33. The molecule has 1 fully saturated rings. The van der Waals surface area contributed by atoms with Gasteiger partial charge in [0.1, 0.15) is 0 Å². The summed E-state index contributed by atoms with van der Waals surface area (Å²) in [5, 5.41) is 22.7. The average Bonchev–Trinajstić information content (AvgIpc) is 2.33. The summed E-state index contributed by atoms with van der Waals surface area (Å²) >= 11 is 2.84. The average molecular weight is 192 g/mol. The van der Waals surface area contributed by atoms with Crippen LogP contribution in [0, 0.1) is 0 Å². The van der Waals surface area contributed by atoms with E-state index in [0.29, 0.717) is 4.38 Å². The summed E-state index contributed by atoms with van der Waals surface area (Å²) in [6.45, 7) is 1.92. The van der Waals surface area contributed by atoms with Gasteiger partial charge in [-0.3, -0.25) is 0 Å². The van der Waals surface area contributed by atoms with Crippen molar-refractivity contribution in [1.29, 1.82) is 0 Å². The van der Waals surface area contributed by atoms with Crippen LogP contribution < -0.4 is 0 Å². The van der Waals surface area contributed by atoms with Gasteiger partial charge in [0, 0.05) is 5.75 Å². The number of oxime groups is 2. The molecular weight excluding hydrogens is 184 g/mol. The Morgan fingerprint density at radius 3 is 2.82 bits per heavy atom. The second kappa shape index (κ2) is 3.36. The van der Waals surface area contributed by atoms with Crippen LogP contribution in [0.15, 0.2) is 10.3 Å². The third kappa shape index (κ3) is 2.03. The molecule has 1 heterocycles. The highest BCUT2D eigenvalue weighted by atomic mass is 32.2.